The highest BCUT2D eigenvalue weighted by Gasteiger charge is 2.20. The van der Waals surface area contributed by atoms with Gasteiger partial charge in [0.25, 0.3) is 0 Å². The van der Waals surface area contributed by atoms with Crippen LogP contribution >= 0.6 is 11.6 Å². The van der Waals surface area contributed by atoms with Gasteiger partial charge >= 0.3 is 5.97 Å². The molecule has 100 valence electrons. The van der Waals surface area contributed by atoms with Crippen LogP contribution in [0.1, 0.15) is 43.4 Å². The fourth-order valence-corrected chi connectivity index (χ4v) is 2.11. The SMILES string of the molecule is COc1c(C(C)C)cc(Cl)cc1C(N)CC(=O)O. The Morgan fingerprint density at radius 2 is 2.00 bits per heavy atom. The van der Waals surface area contributed by atoms with Crippen molar-refractivity contribution < 1.29 is 14.6 Å². The van der Waals surface area contributed by atoms with Gasteiger partial charge in [-0.2, -0.15) is 0 Å². The third-order valence-corrected chi connectivity index (χ3v) is 2.95. The number of carboxylic acid groups (broad SMARTS) is 1. The first-order valence-corrected chi connectivity index (χ1v) is 6.09. The molecule has 0 aliphatic heterocycles. The molecule has 0 saturated heterocycles. The molecular formula is C13H18ClNO3. The fourth-order valence-electron chi connectivity index (χ4n) is 1.87. The maximum Gasteiger partial charge on any atom is 0.305 e. The summed E-state index contributed by atoms with van der Waals surface area (Å²) in [6.07, 6.45) is -0.158. The van der Waals surface area contributed by atoms with Gasteiger partial charge in [-0.1, -0.05) is 25.4 Å². The largest absolute Gasteiger partial charge is 0.496 e. The standard InChI is InChI=1S/C13H18ClNO3/c1-7(2)9-4-8(14)5-10(13(9)18-3)11(15)6-12(16)17/h4-5,7,11H,6,15H2,1-3H3,(H,16,17). The number of carboxylic acids is 1. The molecule has 0 amide bonds. The van der Waals surface area contributed by atoms with E-state index in [-0.39, 0.29) is 12.3 Å². The molecule has 0 aliphatic carbocycles. The molecule has 0 spiro atoms. The van der Waals surface area contributed by atoms with Crippen LogP contribution in [0.5, 0.6) is 5.75 Å². The predicted octanol–water partition coefficient (Wildman–Crippen LogP) is 2.95. The molecule has 0 aliphatic rings. The minimum Gasteiger partial charge on any atom is -0.496 e. The summed E-state index contributed by atoms with van der Waals surface area (Å²) in [4.78, 5) is 10.7. The van der Waals surface area contributed by atoms with E-state index in [0.717, 1.165) is 5.56 Å². The monoisotopic (exact) mass is 271 g/mol. The molecule has 5 heteroatoms. The van der Waals surface area contributed by atoms with Gasteiger partial charge in [-0.05, 0) is 23.6 Å². The maximum absolute atomic E-state index is 10.7. The van der Waals surface area contributed by atoms with Gasteiger partial charge in [0.05, 0.1) is 13.5 Å². The van der Waals surface area contributed by atoms with E-state index < -0.39 is 12.0 Å². The van der Waals surface area contributed by atoms with Gasteiger partial charge in [0.15, 0.2) is 0 Å². The van der Waals surface area contributed by atoms with Gasteiger partial charge in [-0.3, -0.25) is 4.79 Å². The van der Waals surface area contributed by atoms with Crippen LogP contribution in [0.2, 0.25) is 5.02 Å². The van der Waals surface area contributed by atoms with E-state index in [1.165, 1.54) is 0 Å². The minimum atomic E-state index is -0.948. The average molecular weight is 272 g/mol. The first-order chi connectivity index (χ1) is 8.36. The van der Waals surface area contributed by atoms with Crippen LogP contribution in [0, 0.1) is 0 Å². The molecule has 1 rings (SSSR count). The number of methoxy groups -OCH3 is 1. The first-order valence-electron chi connectivity index (χ1n) is 5.71. The number of aliphatic carboxylic acids is 1. The van der Waals surface area contributed by atoms with E-state index in [1.54, 1.807) is 13.2 Å². The summed E-state index contributed by atoms with van der Waals surface area (Å²) in [5.74, 6) is -0.104. The molecule has 4 nitrogen and oxygen atoms in total. The molecule has 1 unspecified atom stereocenters. The zero-order valence-electron chi connectivity index (χ0n) is 10.7. The van der Waals surface area contributed by atoms with Crippen molar-refractivity contribution in [3.8, 4) is 5.75 Å². The summed E-state index contributed by atoms with van der Waals surface area (Å²) >= 11 is 6.05. The molecule has 0 radical (unpaired) electrons. The van der Waals surface area contributed by atoms with E-state index in [2.05, 4.69) is 0 Å². The van der Waals surface area contributed by atoms with Crippen molar-refractivity contribution >= 4 is 17.6 Å². The second-order valence-electron chi connectivity index (χ2n) is 4.48. The topological polar surface area (TPSA) is 72.5 Å². The minimum absolute atomic E-state index is 0.158. The quantitative estimate of drug-likeness (QED) is 0.864. The molecule has 3 N–H and O–H groups in total. The lowest BCUT2D eigenvalue weighted by Gasteiger charge is -2.20. The highest BCUT2D eigenvalue weighted by Crippen LogP contribution is 2.36. The second kappa shape index (κ2) is 6.07. The fraction of sp³-hybridized carbons (Fsp3) is 0.462. The first kappa shape index (κ1) is 14.8. The van der Waals surface area contributed by atoms with Crippen molar-refractivity contribution in [3.63, 3.8) is 0 Å². The second-order valence-corrected chi connectivity index (χ2v) is 4.91. The molecule has 0 bridgehead atoms. The Morgan fingerprint density at radius 1 is 1.44 bits per heavy atom. The Labute approximate surface area is 112 Å². The number of halogens is 1. The summed E-state index contributed by atoms with van der Waals surface area (Å²) < 4.78 is 5.36. The van der Waals surface area contributed by atoms with Gasteiger partial charge in [0.1, 0.15) is 5.75 Å². The number of hydrogen-bond donors (Lipinski definition) is 2. The van der Waals surface area contributed by atoms with Crippen molar-refractivity contribution in [3.05, 3.63) is 28.3 Å². The van der Waals surface area contributed by atoms with Crippen molar-refractivity contribution in [1.29, 1.82) is 0 Å². The van der Waals surface area contributed by atoms with E-state index in [1.807, 2.05) is 19.9 Å². The highest BCUT2D eigenvalue weighted by molar-refractivity contribution is 6.30. The summed E-state index contributed by atoms with van der Waals surface area (Å²) in [6.45, 7) is 4.03. The van der Waals surface area contributed by atoms with Gasteiger partial charge in [-0.15, -0.1) is 0 Å². The van der Waals surface area contributed by atoms with Crippen molar-refractivity contribution in [1.82, 2.24) is 0 Å². The lowest BCUT2D eigenvalue weighted by molar-refractivity contribution is -0.137. The molecule has 1 aromatic rings. The van der Waals surface area contributed by atoms with E-state index >= 15 is 0 Å². The predicted molar refractivity (Wildman–Crippen MR) is 71.3 cm³/mol. The number of benzene rings is 1. The number of hydrogen-bond acceptors (Lipinski definition) is 3. The molecule has 0 saturated carbocycles. The Hall–Kier alpha value is -1.26. The van der Waals surface area contributed by atoms with E-state index in [0.29, 0.717) is 16.3 Å². The molecule has 0 fully saturated rings. The third-order valence-electron chi connectivity index (χ3n) is 2.73. The lowest BCUT2D eigenvalue weighted by atomic mass is 9.95. The molecular weight excluding hydrogens is 254 g/mol. The molecule has 0 heterocycles. The molecule has 1 atom stereocenters. The van der Waals surface area contributed by atoms with Crippen molar-refractivity contribution in [2.45, 2.75) is 32.2 Å². The maximum atomic E-state index is 10.7. The zero-order chi connectivity index (χ0) is 13.9. The molecule has 0 aromatic heterocycles. The van der Waals surface area contributed by atoms with Crippen LogP contribution in [-0.4, -0.2) is 18.2 Å². The number of nitrogens with two attached hydrogens (primary N) is 1. The summed E-state index contributed by atoms with van der Waals surface area (Å²) in [5.41, 5.74) is 7.46. The van der Waals surface area contributed by atoms with Crippen molar-refractivity contribution in [2.24, 2.45) is 5.73 Å². The van der Waals surface area contributed by atoms with Gasteiger partial charge < -0.3 is 15.6 Å². The van der Waals surface area contributed by atoms with Crippen LogP contribution in [-0.2, 0) is 4.79 Å². The average Bonchev–Trinajstić information content (AvgIpc) is 2.26. The normalized spacial score (nSPS) is 12.6. The number of ether oxygens (including phenoxy) is 1. The smallest absolute Gasteiger partial charge is 0.305 e. The van der Waals surface area contributed by atoms with Gasteiger partial charge in [0.2, 0.25) is 0 Å². The Morgan fingerprint density at radius 3 is 2.44 bits per heavy atom. The van der Waals surface area contributed by atoms with Crippen LogP contribution < -0.4 is 10.5 Å². The summed E-state index contributed by atoms with van der Waals surface area (Å²) in [5, 5.41) is 9.34. The molecule has 18 heavy (non-hydrogen) atoms. The van der Waals surface area contributed by atoms with E-state index in [9.17, 15) is 4.79 Å². The van der Waals surface area contributed by atoms with Crippen LogP contribution in [0.25, 0.3) is 0 Å². The Bertz CT molecular complexity index is 446. The van der Waals surface area contributed by atoms with Gasteiger partial charge in [0, 0.05) is 16.6 Å². The number of rotatable bonds is 5. The van der Waals surface area contributed by atoms with Crippen LogP contribution in [0.3, 0.4) is 0 Å². The number of carbonyl (C=O) groups is 1. The Balaban J connectivity index is 3.28. The zero-order valence-corrected chi connectivity index (χ0v) is 11.5. The van der Waals surface area contributed by atoms with Crippen molar-refractivity contribution in [2.75, 3.05) is 7.11 Å². The van der Waals surface area contributed by atoms with Crippen LogP contribution in [0.4, 0.5) is 0 Å². The third kappa shape index (κ3) is 3.37. The van der Waals surface area contributed by atoms with Gasteiger partial charge in [-0.25, -0.2) is 0 Å². The summed E-state index contributed by atoms with van der Waals surface area (Å²) in [6, 6.07) is 2.86. The summed E-state index contributed by atoms with van der Waals surface area (Å²) in [7, 11) is 1.55. The Kier molecular flexibility index (Phi) is 4.99. The van der Waals surface area contributed by atoms with Crippen LogP contribution in [0.15, 0.2) is 12.1 Å². The lowest BCUT2D eigenvalue weighted by Crippen LogP contribution is -2.16. The highest BCUT2D eigenvalue weighted by atomic mass is 35.5. The molecule has 1 aromatic carbocycles. The van der Waals surface area contributed by atoms with E-state index in [4.69, 9.17) is 27.2 Å².